The van der Waals surface area contributed by atoms with Crippen molar-refractivity contribution in [1.29, 1.82) is 0 Å². The molecule has 0 saturated heterocycles. The molecule has 1 aliphatic rings. The van der Waals surface area contributed by atoms with Crippen molar-refractivity contribution in [3.63, 3.8) is 0 Å². The highest BCUT2D eigenvalue weighted by Crippen LogP contribution is 2.41. The molecule has 0 spiro atoms. The minimum Gasteiger partial charge on any atom is -0.395 e. The Morgan fingerprint density at radius 2 is 2.00 bits per heavy atom. The van der Waals surface area contributed by atoms with Gasteiger partial charge in [0.25, 0.3) is 0 Å². The normalized spacial score (nSPS) is 17.6. The molecule has 20 heavy (non-hydrogen) atoms. The molecular formula is C14H30IN3O2. The fourth-order valence-electron chi connectivity index (χ4n) is 2.69. The Morgan fingerprint density at radius 1 is 1.30 bits per heavy atom. The molecule has 0 atom stereocenters. The number of aliphatic imine (C=N–C) groups is 1. The van der Waals surface area contributed by atoms with E-state index in [2.05, 4.69) is 15.6 Å². The van der Waals surface area contributed by atoms with Crippen molar-refractivity contribution in [3.05, 3.63) is 0 Å². The summed E-state index contributed by atoms with van der Waals surface area (Å²) in [7, 11) is 1.76. The Balaban J connectivity index is 0.00000361. The molecule has 0 heterocycles. The minimum atomic E-state index is 0. The number of guanidine groups is 1. The average Bonchev–Trinajstić information content (AvgIpc) is 2.89. The lowest BCUT2D eigenvalue weighted by Gasteiger charge is -2.27. The second kappa shape index (κ2) is 11.6. The third-order valence-corrected chi connectivity index (χ3v) is 3.82. The number of hydrogen-bond acceptors (Lipinski definition) is 3. The van der Waals surface area contributed by atoms with Gasteiger partial charge in [-0.15, -0.1) is 24.0 Å². The Hall–Kier alpha value is -0.0800. The molecule has 0 aromatic rings. The highest BCUT2D eigenvalue weighted by molar-refractivity contribution is 14.0. The number of nitrogens with zero attached hydrogens (tertiary/aromatic N) is 1. The van der Waals surface area contributed by atoms with Crippen LogP contribution in [0.3, 0.4) is 0 Å². The van der Waals surface area contributed by atoms with E-state index in [-0.39, 0.29) is 30.6 Å². The van der Waals surface area contributed by atoms with Crippen LogP contribution in [0.1, 0.15) is 39.0 Å². The molecule has 1 rings (SSSR count). The van der Waals surface area contributed by atoms with E-state index in [0.717, 1.165) is 32.1 Å². The molecule has 0 radical (unpaired) electrons. The summed E-state index contributed by atoms with van der Waals surface area (Å²) >= 11 is 0. The molecule has 6 heteroatoms. The SMILES string of the molecule is CCNC(=NCC1(CCOC)CCCC1)NCCO.I. The number of rotatable bonds is 8. The van der Waals surface area contributed by atoms with Crippen LogP contribution in [0, 0.1) is 5.41 Å². The van der Waals surface area contributed by atoms with Crippen molar-refractivity contribution in [1.82, 2.24) is 10.6 Å². The average molecular weight is 399 g/mol. The third-order valence-electron chi connectivity index (χ3n) is 3.82. The fraction of sp³-hybridized carbons (Fsp3) is 0.929. The first kappa shape index (κ1) is 19.9. The lowest BCUT2D eigenvalue weighted by Crippen LogP contribution is -2.39. The van der Waals surface area contributed by atoms with E-state index < -0.39 is 0 Å². The number of aliphatic hydroxyl groups excluding tert-OH is 1. The molecule has 5 nitrogen and oxygen atoms in total. The van der Waals surface area contributed by atoms with Crippen LogP contribution >= 0.6 is 24.0 Å². The van der Waals surface area contributed by atoms with Crippen LogP contribution in [0.15, 0.2) is 4.99 Å². The first-order valence-electron chi connectivity index (χ1n) is 7.38. The van der Waals surface area contributed by atoms with Gasteiger partial charge in [0.1, 0.15) is 0 Å². The van der Waals surface area contributed by atoms with Crippen molar-refractivity contribution in [2.45, 2.75) is 39.0 Å². The van der Waals surface area contributed by atoms with Crippen LogP contribution in [-0.2, 0) is 4.74 Å². The van der Waals surface area contributed by atoms with Crippen LogP contribution in [0.5, 0.6) is 0 Å². The van der Waals surface area contributed by atoms with Crippen LogP contribution in [0.2, 0.25) is 0 Å². The number of aliphatic hydroxyl groups is 1. The Kier molecular flexibility index (Phi) is 11.5. The van der Waals surface area contributed by atoms with Crippen molar-refractivity contribution >= 4 is 29.9 Å². The third kappa shape index (κ3) is 7.08. The number of methoxy groups -OCH3 is 1. The smallest absolute Gasteiger partial charge is 0.191 e. The summed E-state index contributed by atoms with van der Waals surface area (Å²) in [6.45, 7) is 5.21. The molecule has 0 unspecified atom stereocenters. The monoisotopic (exact) mass is 399 g/mol. The Labute approximate surface area is 140 Å². The summed E-state index contributed by atoms with van der Waals surface area (Å²) in [6, 6.07) is 0. The molecule has 1 aliphatic carbocycles. The van der Waals surface area contributed by atoms with Gasteiger partial charge < -0.3 is 20.5 Å². The van der Waals surface area contributed by atoms with E-state index in [1.54, 1.807) is 7.11 Å². The van der Waals surface area contributed by atoms with Gasteiger partial charge >= 0.3 is 0 Å². The van der Waals surface area contributed by atoms with E-state index in [0.29, 0.717) is 12.0 Å². The molecule has 0 aliphatic heterocycles. The van der Waals surface area contributed by atoms with Gasteiger partial charge in [0.05, 0.1) is 6.61 Å². The zero-order valence-electron chi connectivity index (χ0n) is 12.8. The summed E-state index contributed by atoms with van der Waals surface area (Å²) in [5, 5.41) is 15.2. The van der Waals surface area contributed by atoms with Gasteiger partial charge in [0, 0.05) is 33.4 Å². The molecule has 0 aromatic heterocycles. The highest BCUT2D eigenvalue weighted by atomic mass is 127. The minimum absolute atomic E-state index is 0. The van der Waals surface area contributed by atoms with Gasteiger partial charge in [-0.1, -0.05) is 12.8 Å². The molecule has 0 bridgehead atoms. The summed E-state index contributed by atoms with van der Waals surface area (Å²) in [5.74, 6) is 0.806. The molecule has 0 amide bonds. The maximum Gasteiger partial charge on any atom is 0.191 e. The number of halogens is 1. The standard InChI is InChI=1S/C14H29N3O2.HI/c1-3-15-13(16-9-10-18)17-12-14(8-11-19-2)6-4-5-7-14;/h18H,3-12H2,1-2H3,(H2,15,16,17);1H. The van der Waals surface area contributed by atoms with Crippen LogP contribution in [-0.4, -0.2) is 51.0 Å². The van der Waals surface area contributed by atoms with Gasteiger partial charge in [0.2, 0.25) is 0 Å². The zero-order chi connectivity index (χ0) is 14.0. The second-order valence-electron chi connectivity index (χ2n) is 5.30. The fourth-order valence-corrected chi connectivity index (χ4v) is 2.69. The predicted molar refractivity (Wildman–Crippen MR) is 93.9 cm³/mol. The van der Waals surface area contributed by atoms with E-state index >= 15 is 0 Å². The van der Waals surface area contributed by atoms with E-state index in [9.17, 15) is 0 Å². The molecule has 120 valence electrons. The van der Waals surface area contributed by atoms with Crippen LogP contribution < -0.4 is 10.6 Å². The van der Waals surface area contributed by atoms with Gasteiger partial charge in [-0.05, 0) is 31.6 Å². The van der Waals surface area contributed by atoms with Crippen LogP contribution in [0.4, 0.5) is 0 Å². The number of ether oxygens (including phenoxy) is 1. The van der Waals surface area contributed by atoms with Gasteiger partial charge in [-0.25, -0.2) is 0 Å². The lowest BCUT2D eigenvalue weighted by molar-refractivity contribution is 0.141. The van der Waals surface area contributed by atoms with Crippen LogP contribution in [0.25, 0.3) is 0 Å². The quantitative estimate of drug-likeness (QED) is 0.331. The molecule has 0 aromatic carbocycles. The highest BCUT2D eigenvalue weighted by Gasteiger charge is 2.33. The summed E-state index contributed by atoms with van der Waals surface area (Å²) in [5.41, 5.74) is 0.317. The van der Waals surface area contributed by atoms with Crippen molar-refractivity contribution in [2.75, 3.05) is 40.0 Å². The largest absolute Gasteiger partial charge is 0.395 e. The second-order valence-corrected chi connectivity index (χ2v) is 5.30. The van der Waals surface area contributed by atoms with Gasteiger partial charge in [-0.3, -0.25) is 4.99 Å². The molecule has 1 fully saturated rings. The van der Waals surface area contributed by atoms with Crippen molar-refractivity contribution in [3.8, 4) is 0 Å². The van der Waals surface area contributed by atoms with E-state index in [1.807, 2.05) is 6.92 Å². The number of hydrogen-bond donors (Lipinski definition) is 3. The predicted octanol–water partition coefficient (Wildman–Crippen LogP) is 1.75. The summed E-state index contributed by atoms with van der Waals surface area (Å²) < 4.78 is 5.24. The molecule has 1 saturated carbocycles. The lowest BCUT2D eigenvalue weighted by atomic mass is 9.83. The zero-order valence-corrected chi connectivity index (χ0v) is 15.1. The van der Waals surface area contributed by atoms with Crippen molar-refractivity contribution < 1.29 is 9.84 Å². The summed E-state index contributed by atoms with van der Waals surface area (Å²) in [4.78, 5) is 4.69. The molecule has 3 N–H and O–H groups in total. The van der Waals surface area contributed by atoms with Gasteiger partial charge in [0.15, 0.2) is 5.96 Å². The van der Waals surface area contributed by atoms with E-state index in [1.165, 1.54) is 25.7 Å². The first-order chi connectivity index (χ1) is 9.26. The molecular weight excluding hydrogens is 369 g/mol. The first-order valence-corrected chi connectivity index (χ1v) is 7.38. The Morgan fingerprint density at radius 3 is 2.55 bits per heavy atom. The maximum atomic E-state index is 8.87. The topological polar surface area (TPSA) is 65.9 Å². The summed E-state index contributed by atoms with van der Waals surface area (Å²) in [6.07, 6.45) is 6.20. The van der Waals surface area contributed by atoms with Crippen molar-refractivity contribution in [2.24, 2.45) is 10.4 Å². The van der Waals surface area contributed by atoms with E-state index in [4.69, 9.17) is 9.84 Å². The number of nitrogens with one attached hydrogen (secondary N) is 2. The maximum absolute atomic E-state index is 8.87. The van der Waals surface area contributed by atoms with Gasteiger partial charge in [-0.2, -0.15) is 0 Å². The Bertz CT molecular complexity index is 269.